The first kappa shape index (κ1) is 19.5. The molecule has 2 N–H and O–H groups in total. The van der Waals surface area contributed by atoms with Crippen LogP contribution < -0.4 is 10.6 Å². The van der Waals surface area contributed by atoms with E-state index in [1.165, 1.54) is 18.2 Å². The van der Waals surface area contributed by atoms with Crippen LogP contribution >= 0.6 is 34.8 Å². The first-order chi connectivity index (χ1) is 11.8. The van der Waals surface area contributed by atoms with E-state index in [1.807, 2.05) is 6.92 Å². The highest BCUT2D eigenvalue weighted by atomic mass is 35.5. The molecule has 0 aliphatic rings. The largest absolute Gasteiger partial charge is 0.352 e. The van der Waals surface area contributed by atoms with E-state index in [9.17, 15) is 14.0 Å². The molecule has 2 rings (SSSR count). The number of benzene rings is 2. The van der Waals surface area contributed by atoms with Crippen LogP contribution in [0.3, 0.4) is 0 Å². The number of nitrogens with one attached hydrogen (secondary N) is 2. The quantitative estimate of drug-likeness (QED) is 0.676. The summed E-state index contributed by atoms with van der Waals surface area (Å²) in [6.07, 6.45) is 0.801. The molecular formula is C17H14Cl3FN2O2. The first-order valence-electron chi connectivity index (χ1n) is 7.37. The van der Waals surface area contributed by atoms with Crippen LogP contribution in [0.4, 0.5) is 10.1 Å². The maximum absolute atomic E-state index is 13.5. The molecule has 132 valence electrons. The Hall–Kier alpha value is -1.82. The summed E-state index contributed by atoms with van der Waals surface area (Å²) in [4.78, 5) is 24.2. The molecule has 0 aliphatic carbocycles. The van der Waals surface area contributed by atoms with Crippen LogP contribution in [0.5, 0.6) is 0 Å². The second-order valence-corrected chi connectivity index (χ2v) is 6.37. The third-order valence-corrected chi connectivity index (χ3v) is 4.18. The Kier molecular flexibility index (Phi) is 6.64. The zero-order valence-corrected chi connectivity index (χ0v) is 15.4. The minimum Gasteiger partial charge on any atom is -0.352 e. The second kappa shape index (κ2) is 8.52. The number of amides is 2. The minimum atomic E-state index is -0.753. The lowest BCUT2D eigenvalue weighted by Gasteiger charge is -2.10. The molecule has 0 aromatic heterocycles. The lowest BCUT2D eigenvalue weighted by molar-refractivity contribution is 0.0953. The summed E-state index contributed by atoms with van der Waals surface area (Å²) in [7, 11) is 0. The number of carbonyl (C=O) groups is 2. The molecule has 0 fully saturated rings. The Morgan fingerprint density at radius 2 is 1.64 bits per heavy atom. The lowest BCUT2D eigenvalue weighted by atomic mass is 10.1. The first-order valence-corrected chi connectivity index (χ1v) is 8.50. The van der Waals surface area contributed by atoms with E-state index >= 15 is 0 Å². The second-order valence-electron chi connectivity index (χ2n) is 5.15. The SMILES string of the molecule is CCCNC(=O)c1ccc(NC(=O)c2cc(F)c(Cl)cc2Cl)cc1Cl. The molecule has 2 aromatic rings. The van der Waals surface area contributed by atoms with E-state index in [0.29, 0.717) is 17.8 Å². The van der Waals surface area contributed by atoms with Gasteiger partial charge in [-0.1, -0.05) is 41.7 Å². The molecule has 0 aliphatic heterocycles. The van der Waals surface area contributed by atoms with Gasteiger partial charge in [0.25, 0.3) is 11.8 Å². The van der Waals surface area contributed by atoms with Gasteiger partial charge in [0.05, 0.1) is 26.2 Å². The predicted molar refractivity (Wildman–Crippen MR) is 98.4 cm³/mol. The van der Waals surface area contributed by atoms with Gasteiger partial charge in [0.15, 0.2) is 0 Å². The molecule has 0 saturated heterocycles. The number of anilines is 1. The van der Waals surface area contributed by atoms with Gasteiger partial charge in [-0.2, -0.15) is 0 Å². The standard InChI is InChI=1S/C17H14Cl3FN2O2/c1-2-5-22-16(24)10-4-3-9(6-12(10)18)23-17(25)11-7-15(21)14(20)8-13(11)19/h3-4,6-8H,2,5H2,1H3,(H,22,24)(H,23,25). The van der Waals surface area contributed by atoms with Crippen LogP contribution in [0.2, 0.25) is 15.1 Å². The van der Waals surface area contributed by atoms with Crippen LogP contribution in [-0.2, 0) is 0 Å². The van der Waals surface area contributed by atoms with E-state index in [4.69, 9.17) is 34.8 Å². The molecule has 4 nitrogen and oxygen atoms in total. The van der Waals surface area contributed by atoms with Crippen molar-refractivity contribution < 1.29 is 14.0 Å². The van der Waals surface area contributed by atoms with Crippen molar-refractivity contribution in [3.8, 4) is 0 Å². The number of hydrogen-bond donors (Lipinski definition) is 2. The molecule has 0 unspecified atom stereocenters. The average molecular weight is 404 g/mol. The van der Waals surface area contributed by atoms with Crippen LogP contribution in [0.15, 0.2) is 30.3 Å². The molecule has 8 heteroatoms. The summed E-state index contributed by atoms with van der Waals surface area (Å²) >= 11 is 17.6. The monoisotopic (exact) mass is 402 g/mol. The minimum absolute atomic E-state index is 0.0190. The van der Waals surface area contributed by atoms with Crippen molar-refractivity contribution in [3.63, 3.8) is 0 Å². The maximum Gasteiger partial charge on any atom is 0.257 e. The Bertz CT molecular complexity index is 828. The Labute approximate surface area is 159 Å². The molecule has 0 bridgehead atoms. The molecule has 0 spiro atoms. The highest BCUT2D eigenvalue weighted by Gasteiger charge is 2.16. The summed E-state index contributed by atoms with van der Waals surface area (Å²) in [5.74, 6) is -1.68. The van der Waals surface area contributed by atoms with Gasteiger partial charge in [-0.15, -0.1) is 0 Å². The van der Waals surface area contributed by atoms with E-state index in [2.05, 4.69) is 10.6 Å². The van der Waals surface area contributed by atoms with Crippen molar-refractivity contribution >= 4 is 52.3 Å². The Balaban J connectivity index is 2.18. The van der Waals surface area contributed by atoms with Crippen molar-refractivity contribution in [1.29, 1.82) is 0 Å². The molecule has 25 heavy (non-hydrogen) atoms. The Morgan fingerprint density at radius 3 is 2.28 bits per heavy atom. The molecule has 0 radical (unpaired) electrons. The van der Waals surface area contributed by atoms with Gasteiger partial charge in [0, 0.05) is 12.2 Å². The van der Waals surface area contributed by atoms with E-state index < -0.39 is 11.7 Å². The average Bonchev–Trinajstić information content (AvgIpc) is 2.56. The third-order valence-electron chi connectivity index (χ3n) is 3.26. The van der Waals surface area contributed by atoms with E-state index in [1.54, 1.807) is 0 Å². The van der Waals surface area contributed by atoms with Gasteiger partial charge < -0.3 is 10.6 Å². The molecule has 2 amide bonds. The van der Waals surface area contributed by atoms with Crippen LogP contribution in [0.1, 0.15) is 34.1 Å². The fourth-order valence-corrected chi connectivity index (χ4v) is 2.74. The fourth-order valence-electron chi connectivity index (χ4n) is 2.01. The van der Waals surface area contributed by atoms with Gasteiger partial charge in [0.1, 0.15) is 5.82 Å². The van der Waals surface area contributed by atoms with Crippen LogP contribution in [-0.4, -0.2) is 18.4 Å². The van der Waals surface area contributed by atoms with Gasteiger partial charge in [-0.25, -0.2) is 4.39 Å². The van der Waals surface area contributed by atoms with Gasteiger partial charge in [-0.3, -0.25) is 9.59 Å². The Morgan fingerprint density at radius 1 is 0.960 bits per heavy atom. The highest BCUT2D eigenvalue weighted by Crippen LogP contribution is 2.26. The predicted octanol–water partition coefficient (Wildman–Crippen LogP) is 5.18. The number of halogens is 4. The topological polar surface area (TPSA) is 58.2 Å². The number of carbonyl (C=O) groups excluding carboxylic acids is 2. The maximum atomic E-state index is 13.5. The van der Waals surface area contributed by atoms with Crippen molar-refractivity contribution in [2.24, 2.45) is 0 Å². The van der Waals surface area contributed by atoms with Crippen molar-refractivity contribution in [3.05, 3.63) is 62.3 Å². The van der Waals surface area contributed by atoms with Crippen LogP contribution in [0.25, 0.3) is 0 Å². The smallest absolute Gasteiger partial charge is 0.257 e. The zero-order chi connectivity index (χ0) is 18.6. The van der Waals surface area contributed by atoms with Gasteiger partial charge >= 0.3 is 0 Å². The lowest BCUT2D eigenvalue weighted by Crippen LogP contribution is -2.24. The fraction of sp³-hybridized carbons (Fsp3) is 0.176. The van der Waals surface area contributed by atoms with Crippen molar-refractivity contribution in [2.45, 2.75) is 13.3 Å². The molecular weight excluding hydrogens is 390 g/mol. The summed E-state index contributed by atoms with van der Waals surface area (Å²) in [5.41, 5.74) is 0.571. The third kappa shape index (κ3) is 4.84. The molecule has 2 aromatic carbocycles. The molecule has 0 heterocycles. The van der Waals surface area contributed by atoms with E-state index in [-0.39, 0.29) is 26.5 Å². The normalized spacial score (nSPS) is 10.4. The summed E-state index contributed by atoms with van der Waals surface area (Å²) < 4.78 is 13.5. The summed E-state index contributed by atoms with van der Waals surface area (Å²) in [5, 5.41) is 5.28. The van der Waals surface area contributed by atoms with Gasteiger partial charge in [0.2, 0.25) is 0 Å². The number of hydrogen-bond acceptors (Lipinski definition) is 2. The molecule has 0 saturated carbocycles. The number of rotatable bonds is 5. The van der Waals surface area contributed by atoms with Crippen molar-refractivity contribution in [1.82, 2.24) is 5.32 Å². The summed E-state index contributed by atoms with van der Waals surface area (Å²) in [6.45, 7) is 2.47. The zero-order valence-electron chi connectivity index (χ0n) is 13.1. The summed E-state index contributed by atoms with van der Waals surface area (Å²) in [6, 6.07) is 6.55. The molecule has 0 atom stereocenters. The van der Waals surface area contributed by atoms with Crippen molar-refractivity contribution in [2.75, 3.05) is 11.9 Å². The van der Waals surface area contributed by atoms with Gasteiger partial charge in [-0.05, 0) is 36.8 Å². The highest BCUT2D eigenvalue weighted by molar-refractivity contribution is 6.37. The van der Waals surface area contributed by atoms with E-state index in [0.717, 1.165) is 18.6 Å². The van der Waals surface area contributed by atoms with Crippen LogP contribution in [0, 0.1) is 5.82 Å².